The summed E-state index contributed by atoms with van der Waals surface area (Å²) in [5, 5.41) is 12.4. The van der Waals surface area contributed by atoms with E-state index in [4.69, 9.17) is 20.4 Å². The number of furan rings is 2. The number of hydrogen-bond acceptors (Lipinski definition) is 4. The Bertz CT molecular complexity index is 949. The molecule has 0 aliphatic heterocycles. The third kappa shape index (κ3) is 4.00. The Morgan fingerprint density at radius 2 is 2.04 bits per heavy atom. The Labute approximate surface area is 149 Å². The molecule has 6 heteroatoms. The molecular weight excluding hydrogens is 340 g/mol. The predicted octanol–water partition coefficient (Wildman–Crippen LogP) is 4.42. The smallest absolute Gasteiger partial charge is 0.262 e. The van der Waals surface area contributed by atoms with Gasteiger partial charge in [-0.15, -0.1) is 0 Å². The molecular formula is C19H13ClN2O3. The molecule has 0 saturated carbocycles. The number of carbonyl (C=O) groups is 1. The summed E-state index contributed by atoms with van der Waals surface area (Å²) in [7, 11) is 0. The first-order chi connectivity index (χ1) is 12.2. The maximum Gasteiger partial charge on any atom is 0.262 e. The fourth-order valence-electron chi connectivity index (χ4n) is 2.20. The van der Waals surface area contributed by atoms with Gasteiger partial charge in [-0.3, -0.25) is 4.79 Å². The second-order valence-corrected chi connectivity index (χ2v) is 5.52. The minimum absolute atomic E-state index is 0.0633. The van der Waals surface area contributed by atoms with Crippen molar-refractivity contribution in [1.29, 1.82) is 5.26 Å². The molecule has 3 rings (SSSR count). The van der Waals surface area contributed by atoms with Gasteiger partial charge < -0.3 is 14.2 Å². The van der Waals surface area contributed by atoms with Crippen molar-refractivity contribution in [2.24, 2.45) is 0 Å². The molecule has 2 aromatic heterocycles. The normalized spacial score (nSPS) is 11.1. The van der Waals surface area contributed by atoms with Crippen LogP contribution in [0.15, 0.2) is 69.2 Å². The molecule has 0 atom stereocenters. The number of hydrogen-bond donors (Lipinski definition) is 1. The number of benzene rings is 1. The Morgan fingerprint density at radius 1 is 1.20 bits per heavy atom. The van der Waals surface area contributed by atoms with E-state index in [1.807, 2.05) is 24.3 Å². The fourth-order valence-corrected chi connectivity index (χ4v) is 2.43. The number of nitrogens with one attached hydrogen (secondary N) is 1. The lowest BCUT2D eigenvalue weighted by Gasteiger charge is -2.01. The first-order valence-electron chi connectivity index (χ1n) is 7.44. The number of halogens is 1. The van der Waals surface area contributed by atoms with Crippen LogP contribution < -0.4 is 5.32 Å². The summed E-state index contributed by atoms with van der Waals surface area (Å²) in [5.74, 6) is 1.05. The van der Waals surface area contributed by atoms with Crippen LogP contribution in [-0.4, -0.2) is 5.91 Å². The number of amides is 1. The van der Waals surface area contributed by atoms with Gasteiger partial charge in [0.05, 0.1) is 17.8 Å². The van der Waals surface area contributed by atoms with Crippen LogP contribution >= 0.6 is 11.6 Å². The van der Waals surface area contributed by atoms with Gasteiger partial charge in [-0.05, 0) is 36.4 Å². The SMILES string of the molecule is N#C/C(=C\c1ccc(-c2ccccc2Cl)o1)C(=O)NCc1ccco1. The van der Waals surface area contributed by atoms with Gasteiger partial charge in [-0.1, -0.05) is 23.7 Å². The molecule has 1 aromatic carbocycles. The summed E-state index contributed by atoms with van der Waals surface area (Å²) in [5.41, 5.74) is 0.677. The van der Waals surface area contributed by atoms with Gasteiger partial charge in [0, 0.05) is 11.6 Å². The van der Waals surface area contributed by atoms with E-state index in [0.29, 0.717) is 22.3 Å². The predicted molar refractivity (Wildman–Crippen MR) is 93.3 cm³/mol. The highest BCUT2D eigenvalue weighted by molar-refractivity contribution is 6.33. The van der Waals surface area contributed by atoms with Crippen molar-refractivity contribution in [2.75, 3.05) is 0 Å². The third-order valence-corrected chi connectivity index (χ3v) is 3.75. The molecule has 0 radical (unpaired) electrons. The highest BCUT2D eigenvalue weighted by Gasteiger charge is 2.12. The van der Waals surface area contributed by atoms with Crippen LogP contribution in [0.5, 0.6) is 0 Å². The van der Waals surface area contributed by atoms with E-state index in [0.717, 1.165) is 5.56 Å². The second kappa shape index (κ2) is 7.56. The zero-order valence-electron chi connectivity index (χ0n) is 13.0. The molecule has 0 unspecified atom stereocenters. The van der Waals surface area contributed by atoms with Crippen LogP contribution in [0.1, 0.15) is 11.5 Å². The Morgan fingerprint density at radius 3 is 2.76 bits per heavy atom. The molecule has 3 aromatic rings. The van der Waals surface area contributed by atoms with Gasteiger partial charge in [-0.25, -0.2) is 0 Å². The quantitative estimate of drug-likeness (QED) is 0.544. The molecule has 1 amide bonds. The maximum atomic E-state index is 12.1. The summed E-state index contributed by atoms with van der Waals surface area (Å²) in [6, 6.07) is 16.0. The minimum Gasteiger partial charge on any atom is -0.467 e. The standard InChI is InChI=1S/C19H13ClN2O3/c20-17-6-2-1-5-16(17)18-8-7-14(25-18)10-13(11-21)19(23)22-12-15-4-3-9-24-15/h1-10H,12H2,(H,22,23)/b13-10+. The van der Waals surface area contributed by atoms with E-state index in [1.54, 1.807) is 30.3 Å². The Balaban J connectivity index is 1.75. The van der Waals surface area contributed by atoms with Gasteiger partial charge in [0.1, 0.15) is 28.9 Å². The number of rotatable bonds is 5. The third-order valence-electron chi connectivity index (χ3n) is 3.42. The highest BCUT2D eigenvalue weighted by atomic mass is 35.5. The Hall–Kier alpha value is -3.23. The molecule has 0 aliphatic carbocycles. The van der Waals surface area contributed by atoms with Crippen LogP contribution in [0.2, 0.25) is 5.02 Å². The Kier molecular flexibility index (Phi) is 5.03. The van der Waals surface area contributed by atoms with E-state index < -0.39 is 5.91 Å². The molecule has 2 heterocycles. The maximum absolute atomic E-state index is 12.1. The van der Waals surface area contributed by atoms with Gasteiger partial charge in [-0.2, -0.15) is 5.26 Å². The van der Waals surface area contributed by atoms with E-state index in [-0.39, 0.29) is 12.1 Å². The molecule has 0 bridgehead atoms. The molecule has 124 valence electrons. The average molecular weight is 353 g/mol. The van der Waals surface area contributed by atoms with E-state index in [2.05, 4.69) is 5.32 Å². The van der Waals surface area contributed by atoms with Crippen molar-refractivity contribution >= 4 is 23.6 Å². The molecule has 0 spiro atoms. The van der Waals surface area contributed by atoms with Crippen LogP contribution in [0.25, 0.3) is 17.4 Å². The molecule has 1 N–H and O–H groups in total. The number of carbonyl (C=O) groups excluding carboxylic acids is 1. The molecule has 0 saturated heterocycles. The zero-order valence-corrected chi connectivity index (χ0v) is 13.8. The van der Waals surface area contributed by atoms with Gasteiger partial charge in [0.15, 0.2) is 0 Å². The fraction of sp³-hybridized carbons (Fsp3) is 0.0526. The van der Waals surface area contributed by atoms with Crippen molar-refractivity contribution in [1.82, 2.24) is 5.32 Å². The number of nitrogens with zero attached hydrogens (tertiary/aromatic N) is 1. The minimum atomic E-state index is -0.505. The van der Waals surface area contributed by atoms with Crippen LogP contribution in [0.3, 0.4) is 0 Å². The lowest BCUT2D eigenvalue weighted by Crippen LogP contribution is -2.23. The van der Waals surface area contributed by atoms with Crippen molar-refractivity contribution in [3.05, 3.63) is 76.9 Å². The van der Waals surface area contributed by atoms with Crippen LogP contribution in [-0.2, 0) is 11.3 Å². The largest absolute Gasteiger partial charge is 0.467 e. The van der Waals surface area contributed by atoms with Crippen molar-refractivity contribution in [3.8, 4) is 17.4 Å². The zero-order chi connectivity index (χ0) is 17.6. The first kappa shape index (κ1) is 16.6. The average Bonchev–Trinajstić information content (AvgIpc) is 3.30. The lowest BCUT2D eigenvalue weighted by atomic mass is 10.2. The van der Waals surface area contributed by atoms with Crippen LogP contribution in [0, 0.1) is 11.3 Å². The van der Waals surface area contributed by atoms with Gasteiger partial charge in [0.25, 0.3) is 5.91 Å². The van der Waals surface area contributed by atoms with Crippen LogP contribution in [0.4, 0.5) is 0 Å². The first-order valence-corrected chi connectivity index (χ1v) is 7.82. The molecule has 0 aliphatic rings. The molecule has 5 nitrogen and oxygen atoms in total. The van der Waals surface area contributed by atoms with Gasteiger partial charge in [0.2, 0.25) is 0 Å². The van der Waals surface area contributed by atoms with Crippen molar-refractivity contribution < 1.29 is 13.6 Å². The summed E-state index contributed by atoms with van der Waals surface area (Å²) >= 11 is 6.14. The summed E-state index contributed by atoms with van der Waals surface area (Å²) in [6.07, 6.45) is 2.90. The topological polar surface area (TPSA) is 79.2 Å². The van der Waals surface area contributed by atoms with Crippen molar-refractivity contribution in [2.45, 2.75) is 6.54 Å². The second-order valence-electron chi connectivity index (χ2n) is 5.11. The summed E-state index contributed by atoms with van der Waals surface area (Å²) < 4.78 is 10.8. The summed E-state index contributed by atoms with van der Waals surface area (Å²) in [6.45, 7) is 0.202. The van der Waals surface area contributed by atoms with E-state index >= 15 is 0 Å². The molecule has 25 heavy (non-hydrogen) atoms. The molecule has 0 fully saturated rings. The summed E-state index contributed by atoms with van der Waals surface area (Å²) in [4.78, 5) is 12.1. The van der Waals surface area contributed by atoms with Crippen molar-refractivity contribution in [3.63, 3.8) is 0 Å². The van der Waals surface area contributed by atoms with E-state index in [9.17, 15) is 10.1 Å². The lowest BCUT2D eigenvalue weighted by molar-refractivity contribution is -0.117. The monoisotopic (exact) mass is 352 g/mol. The highest BCUT2D eigenvalue weighted by Crippen LogP contribution is 2.29. The number of nitriles is 1. The van der Waals surface area contributed by atoms with Gasteiger partial charge >= 0.3 is 0 Å². The van der Waals surface area contributed by atoms with E-state index in [1.165, 1.54) is 12.3 Å².